The Morgan fingerprint density at radius 3 is 2.50 bits per heavy atom. The van der Waals surface area contributed by atoms with Gasteiger partial charge in [0.15, 0.2) is 0 Å². The van der Waals surface area contributed by atoms with E-state index in [1.165, 1.54) is 11.3 Å². The molecule has 0 radical (unpaired) electrons. The largest absolute Gasteiger partial charge is 0.492 e. The first-order chi connectivity index (χ1) is 13.8. The summed E-state index contributed by atoms with van der Waals surface area (Å²) in [7, 11) is 0. The highest BCUT2D eigenvalue weighted by Gasteiger charge is 2.05. The van der Waals surface area contributed by atoms with Crippen molar-refractivity contribution in [2.24, 2.45) is 10.2 Å². The molecule has 0 aliphatic rings. The van der Waals surface area contributed by atoms with E-state index in [1.54, 1.807) is 0 Å². The maximum Gasteiger partial charge on any atom is 0.231 e. The van der Waals surface area contributed by atoms with Gasteiger partial charge in [-0.1, -0.05) is 29.5 Å². The summed E-state index contributed by atoms with van der Waals surface area (Å²) in [6.45, 7) is 0.480. The number of thiazole rings is 1. The van der Waals surface area contributed by atoms with Gasteiger partial charge in [0.2, 0.25) is 5.13 Å². The number of nitrogens with one attached hydrogen (secondary N) is 1. The fraction of sp³-hybridized carbons (Fsp3) is 0.0952. The van der Waals surface area contributed by atoms with Crippen molar-refractivity contribution in [3.05, 3.63) is 72.8 Å². The van der Waals surface area contributed by atoms with Gasteiger partial charge in [-0.15, -0.1) is 21.8 Å². The van der Waals surface area contributed by atoms with Crippen LogP contribution < -0.4 is 10.1 Å². The van der Waals surface area contributed by atoms with Crippen LogP contribution in [0.25, 0.3) is 10.2 Å². The summed E-state index contributed by atoms with van der Waals surface area (Å²) in [5.74, 6) is 1.24. The third-order valence-corrected chi connectivity index (χ3v) is 4.93. The molecule has 0 saturated heterocycles. The van der Waals surface area contributed by atoms with Crippen molar-refractivity contribution < 1.29 is 4.74 Å². The standard InChI is InChI=1S/C21H17ClN4OS/c22-12-13-27-18-10-11-19-20(14-18)28-21(24-19)26-25-17-8-6-16(7-9-17)23-15-4-2-1-3-5-15/h1-11,14,23H,12-13H2. The number of nitrogens with zero attached hydrogens (tertiary/aromatic N) is 3. The molecule has 0 aliphatic carbocycles. The molecule has 1 aromatic heterocycles. The highest BCUT2D eigenvalue weighted by Crippen LogP contribution is 2.32. The summed E-state index contributed by atoms with van der Waals surface area (Å²) in [6.07, 6.45) is 0. The molecule has 5 nitrogen and oxygen atoms in total. The number of fused-ring (bicyclic) bond motifs is 1. The Morgan fingerprint density at radius 2 is 1.71 bits per heavy atom. The van der Waals surface area contributed by atoms with Gasteiger partial charge in [0.1, 0.15) is 12.4 Å². The summed E-state index contributed by atoms with van der Waals surface area (Å²) >= 11 is 7.13. The van der Waals surface area contributed by atoms with Gasteiger partial charge in [0.05, 0.1) is 21.8 Å². The third kappa shape index (κ3) is 4.65. The van der Waals surface area contributed by atoms with Crippen LogP contribution in [0.4, 0.5) is 22.2 Å². The first-order valence-corrected chi connectivity index (χ1v) is 10.1. The van der Waals surface area contributed by atoms with E-state index in [1.807, 2.05) is 72.8 Å². The molecule has 0 unspecified atom stereocenters. The SMILES string of the molecule is ClCCOc1ccc2nc(N=Nc3ccc(Nc4ccccc4)cc3)sc2c1. The molecule has 0 atom stereocenters. The monoisotopic (exact) mass is 408 g/mol. The van der Waals surface area contributed by atoms with E-state index < -0.39 is 0 Å². The van der Waals surface area contributed by atoms with Crippen molar-refractivity contribution in [1.82, 2.24) is 4.98 Å². The zero-order valence-corrected chi connectivity index (χ0v) is 16.5. The lowest BCUT2D eigenvalue weighted by molar-refractivity contribution is 0.343. The number of azo groups is 1. The number of halogens is 1. The Morgan fingerprint density at radius 1 is 0.929 bits per heavy atom. The second-order valence-electron chi connectivity index (χ2n) is 5.90. The van der Waals surface area contributed by atoms with E-state index in [0.717, 1.165) is 33.0 Å². The number of ether oxygens (including phenoxy) is 1. The molecule has 7 heteroatoms. The number of anilines is 2. The predicted octanol–water partition coefficient (Wildman–Crippen LogP) is 7.07. The minimum Gasteiger partial charge on any atom is -0.492 e. The zero-order valence-electron chi connectivity index (χ0n) is 14.9. The topological polar surface area (TPSA) is 58.9 Å². The summed E-state index contributed by atoms with van der Waals surface area (Å²) in [5.41, 5.74) is 3.68. The predicted molar refractivity (Wildman–Crippen MR) is 116 cm³/mol. The lowest BCUT2D eigenvalue weighted by Crippen LogP contribution is -1.97. The summed E-state index contributed by atoms with van der Waals surface area (Å²) in [4.78, 5) is 4.49. The first-order valence-electron chi connectivity index (χ1n) is 8.73. The van der Waals surface area contributed by atoms with Crippen LogP contribution in [0.5, 0.6) is 5.75 Å². The summed E-state index contributed by atoms with van der Waals surface area (Å²) in [6, 6.07) is 23.5. The minimum absolute atomic E-state index is 0.458. The van der Waals surface area contributed by atoms with Crippen LogP contribution in [0.15, 0.2) is 83.0 Å². The van der Waals surface area contributed by atoms with Crippen LogP contribution in [0, 0.1) is 0 Å². The van der Waals surface area contributed by atoms with E-state index in [-0.39, 0.29) is 0 Å². The second kappa shape index (κ2) is 8.82. The highest BCUT2D eigenvalue weighted by molar-refractivity contribution is 7.21. The molecule has 1 heterocycles. The Balaban J connectivity index is 1.44. The average molecular weight is 409 g/mol. The van der Waals surface area contributed by atoms with Crippen LogP contribution in [0.1, 0.15) is 0 Å². The Kier molecular flexibility index (Phi) is 5.80. The van der Waals surface area contributed by atoms with E-state index in [9.17, 15) is 0 Å². The molecule has 0 amide bonds. The van der Waals surface area contributed by atoms with Gasteiger partial charge in [-0.3, -0.25) is 0 Å². The van der Waals surface area contributed by atoms with Crippen molar-refractivity contribution in [1.29, 1.82) is 0 Å². The van der Waals surface area contributed by atoms with Crippen LogP contribution >= 0.6 is 22.9 Å². The lowest BCUT2D eigenvalue weighted by atomic mass is 10.2. The van der Waals surface area contributed by atoms with Gasteiger partial charge < -0.3 is 10.1 Å². The highest BCUT2D eigenvalue weighted by atomic mass is 35.5. The summed E-state index contributed by atoms with van der Waals surface area (Å²) in [5, 5.41) is 12.5. The second-order valence-corrected chi connectivity index (χ2v) is 7.29. The van der Waals surface area contributed by atoms with Crippen molar-refractivity contribution in [3.63, 3.8) is 0 Å². The normalized spacial score (nSPS) is 11.2. The molecule has 0 bridgehead atoms. The van der Waals surface area contributed by atoms with Gasteiger partial charge in [-0.2, -0.15) is 0 Å². The maximum atomic E-state index is 5.66. The quantitative estimate of drug-likeness (QED) is 0.262. The number of aromatic nitrogens is 1. The van der Waals surface area contributed by atoms with Crippen molar-refractivity contribution >= 4 is 55.3 Å². The molecule has 0 aliphatic heterocycles. The lowest BCUT2D eigenvalue weighted by Gasteiger charge is -2.05. The van der Waals surface area contributed by atoms with Gasteiger partial charge in [0, 0.05) is 11.4 Å². The smallest absolute Gasteiger partial charge is 0.231 e. The molecular formula is C21H17ClN4OS. The van der Waals surface area contributed by atoms with Crippen molar-refractivity contribution in [3.8, 4) is 5.75 Å². The fourth-order valence-electron chi connectivity index (χ4n) is 2.58. The minimum atomic E-state index is 0.458. The van der Waals surface area contributed by atoms with E-state index >= 15 is 0 Å². The molecular weight excluding hydrogens is 392 g/mol. The van der Waals surface area contributed by atoms with Crippen LogP contribution in [-0.2, 0) is 0 Å². The average Bonchev–Trinajstić information content (AvgIpc) is 3.15. The molecule has 0 saturated carbocycles. The number of para-hydroxylation sites is 1. The van der Waals surface area contributed by atoms with Crippen molar-refractivity contribution in [2.45, 2.75) is 0 Å². The number of benzene rings is 3. The van der Waals surface area contributed by atoms with Gasteiger partial charge in [-0.25, -0.2) is 4.98 Å². The Labute approximate surface area is 171 Å². The first kappa shape index (κ1) is 18.4. The van der Waals surface area contributed by atoms with E-state index in [0.29, 0.717) is 17.6 Å². The Bertz CT molecular complexity index is 1080. The van der Waals surface area contributed by atoms with E-state index in [4.69, 9.17) is 16.3 Å². The molecule has 4 rings (SSSR count). The van der Waals surface area contributed by atoms with Gasteiger partial charge in [0.25, 0.3) is 0 Å². The van der Waals surface area contributed by atoms with Crippen molar-refractivity contribution in [2.75, 3.05) is 17.8 Å². The van der Waals surface area contributed by atoms with Gasteiger partial charge in [-0.05, 0) is 54.6 Å². The number of rotatable bonds is 7. The molecule has 3 aromatic carbocycles. The molecule has 140 valence electrons. The summed E-state index contributed by atoms with van der Waals surface area (Å²) < 4.78 is 6.55. The van der Waals surface area contributed by atoms with Crippen LogP contribution in [-0.4, -0.2) is 17.5 Å². The van der Waals surface area contributed by atoms with Crippen LogP contribution in [0.2, 0.25) is 0 Å². The number of hydrogen-bond acceptors (Lipinski definition) is 6. The van der Waals surface area contributed by atoms with E-state index in [2.05, 4.69) is 20.5 Å². The Hall–Kier alpha value is -2.96. The maximum absolute atomic E-state index is 5.66. The molecule has 0 fully saturated rings. The molecule has 4 aromatic rings. The fourth-order valence-corrected chi connectivity index (χ4v) is 3.47. The molecule has 1 N–H and O–H groups in total. The third-order valence-electron chi connectivity index (χ3n) is 3.88. The van der Waals surface area contributed by atoms with Crippen LogP contribution in [0.3, 0.4) is 0 Å². The zero-order chi connectivity index (χ0) is 19.2. The molecule has 0 spiro atoms. The number of hydrogen-bond donors (Lipinski definition) is 1. The van der Waals surface area contributed by atoms with Gasteiger partial charge >= 0.3 is 0 Å². The molecule has 28 heavy (non-hydrogen) atoms. The number of alkyl halides is 1.